The van der Waals surface area contributed by atoms with E-state index in [4.69, 9.17) is 14.2 Å². The number of carbonyl (C=O) groups excluding carboxylic acids is 1. The molecule has 1 amide bonds. The summed E-state index contributed by atoms with van der Waals surface area (Å²) in [4.78, 5) is 12.7. The molecule has 0 aliphatic heterocycles. The van der Waals surface area contributed by atoms with Crippen molar-refractivity contribution in [3.05, 3.63) is 53.6 Å². The highest BCUT2D eigenvalue weighted by molar-refractivity contribution is 5.95. The first-order chi connectivity index (χ1) is 13.1. The van der Waals surface area contributed by atoms with Crippen molar-refractivity contribution in [3.8, 4) is 17.2 Å². The van der Waals surface area contributed by atoms with Crippen LogP contribution in [0.25, 0.3) is 0 Å². The van der Waals surface area contributed by atoms with E-state index < -0.39 is 0 Å². The van der Waals surface area contributed by atoms with Crippen LogP contribution in [0.15, 0.2) is 42.5 Å². The fourth-order valence-corrected chi connectivity index (χ4v) is 2.77. The summed E-state index contributed by atoms with van der Waals surface area (Å²) in [7, 11) is 0. The molecule has 0 unspecified atom stereocenters. The van der Waals surface area contributed by atoms with E-state index in [1.165, 1.54) is 5.56 Å². The Hall–Kier alpha value is -2.69. The summed E-state index contributed by atoms with van der Waals surface area (Å²) in [5.74, 6) is 1.63. The van der Waals surface area contributed by atoms with Gasteiger partial charge in [-0.1, -0.05) is 37.3 Å². The maximum atomic E-state index is 12.7. The van der Waals surface area contributed by atoms with Gasteiger partial charge in [-0.15, -0.1) is 0 Å². The smallest absolute Gasteiger partial charge is 0.251 e. The third kappa shape index (κ3) is 5.64. The summed E-state index contributed by atoms with van der Waals surface area (Å²) in [5, 5.41) is 3.00. The number of carbonyl (C=O) groups is 1. The Morgan fingerprint density at radius 2 is 1.48 bits per heavy atom. The van der Waals surface area contributed by atoms with Crippen LogP contribution in [0.2, 0.25) is 0 Å². The molecule has 0 aliphatic rings. The average Bonchev–Trinajstić information content (AvgIpc) is 2.69. The Morgan fingerprint density at radius 1 is 0.926 bits per heavy atom. The number of amides is 1. The van der Waals surface area contributed by atoms with Crippen LogP contribution in [0.4, 0.5) is 0 Å². The molecule has 146 valence electrons. The molecule has 0 saturated heterocycles. The second-order valence-corrected chi connectivity index (χ2v) is 6.12. The lowest BCUT2D eigenvalue weighted by molar-refractivity contribution is 0.0950. The number of nitrogens with one attached hydrogen (secondary N) is 1. The van der Waals surface area contributed by atoms with Gasteiger partial charge in [0.25, 0.3) is 5.91 Å². The van der Waals surface area contributed by atoms with Crippen molar-refractivity contribution in [1.82, 2.24) is 5.32 Å². The summed E-state index contributed by atoms with van der Waals surface area (Å²) >= 11 is 0. The molecular weight excluding hydrogens is 342 g/mol. The largest absolute Gasteiger partial charge is 0.490 e. The zero-order valence-corrected chi connectivity index (χ0v) is 16.6. The molecule has 5 nitrogen and oxygen atoms in total. The van der Waals surface area contributed by atoms with Gasteiger partial charge in [0.15, 0.2) is 11.5 Å². The zero-order valence-electron chi connectivity index (χ0n) is 16.6. The van der Waals surface area contributed by atoms with E-state index in [0.717, 1.165) is 0 Å². The van der Waals surface area contributed by atoms with Crippen molar-refractivity contribution >= 4 is 5.91 Å². The highest BCUT2D eigenvalue weighted by Gasteiger charge is 2.18. The Labute approximate surface area is 161 Å². The molecular formula is C22H29NO4. The van der Waals surface area contributed by atoms with Crippen LogP contribution in [-0.4, -0.2) is 32.3 Å². The molecule has 2 rings (SSSR count). The van der Waals surface area contributed by atoms with Crippen molar-refractivity contribution in [2.24, 2.45) is 0 Å². The average molecular weight is 371 g/mol. The molecule has 0 aliphatic carbocycles. The van der Waals surface area contributed by atoms with Gasteiger partial charge < -0.3 is 19.5 Å². The molecule has 0 bridgehead atoms. The van der Waals surface area contributed by atoms with Gasteiger partial charge in [0.05, 0.1) is 19.8 Å². The molecule has 0 fully saturated rings. The van der Waals surface area contributed by atoms with Crippen LogP contribution in [0.5, 0.6) is 17.2 Å². The van der Waals surface area contributed by atoms with Crippen LogP contribution in [0.3, 0.4) is 0 Å². The van der Waals surface area contributed by atoms with Crippen molar-refractivity contribution in [1.29, 1.82) is 0 Å². The third-order valence-corrected chi connectivity index (χ3v) is 4.11. The first kappa shape index (κ1) is 20.6. The van der Waals surface area contributed by atoms with Gasteiger partial charge in [0, 0.05) is 12.1 Å². The minimum Gasteiger partial charge on any atom is -0.490 e. The van der Waals surface area contributed by atoms with Gasteiger partial charge in [-0.2, -0.15) is 0 Å². The van der Waals surface area contributed by atoms with E-state index in [1.807, 2.05) is 39.0 Å². The molecule has 0 radical (unpaired) electrons. The molecule has 2 aromatic carbocycles. The topological polar surface area (TPSA) is 56.8 Å². The van der Waals surface area contributed by atoms with E-state index in [9.17, 15) is 4.79 Å². The van der Waals surface area contributed by atoms with E-state index in [2.05, 4.69) is 24.4 Å². The maximum absolute atomic E-state index is 12.7. The summed E-state index contributed by atoms with van der Waals surface area (Å²) < 4.78 is 17.0. The van der Waals surface area contributed by atoms with Crippen LogP contribution in [-0.2, 0) is 0 Å². The number of rotatable bonds is 10. The lowest BCUT2D eigenvalue weighted by Crippen LogP contribution is -2.27. The first-order valence-electron chi connectivity index (χ1n) is 9.50. The summed E-state index contributed by atoms with van der Waals surface area (Å²) in [5.41, 5.74) is 1.68. The lowest BCUT2D eigenvalue weighted by atomic mass is 10.0. The van der Waals surface area contributed by atoms with Gasteiger partial charge in [0.2, 0.25) is 5.75 Å². The number of ether oxygens (including phenoxy) is 3. The highest BCUT2D eigenvalue weighted by Crippen LogP contribution is 2.39. The van der Waals surface area contributed by atoms with Gasteiger partial charge in [0.1, 0.15) is 0 Å². The Morgan fingerprint density at radius 3 is 2.00 bits per heavy atom. The van der Waals surface area contributed by atoms with Crippen molar-refractivity contribution < 1.29 is 19.0 Å². The van der Waals surface area contributed by atoms with Crippen molar-refractivity contribution in [2.75, 3.05) is 26.4 Å². The van der Waals surface area contributed by atoms with Crippen molar-refractivity contribution in [3.63, 3.8) is 0 Å². The molecule has 0 heterocycles. The second kappa shape index (κ2) is 10.5. The Bertz CT molecular complexity index is 703. The number of benzene rings is 2. The SMILES string of the molecule is CCOc1cc(C(=O)NC[C@@H](C)c2ccccc2)cc(OCC)c1OCC. The van der Waals surface area contributed by atoms with Gasteiger partial charge in [-0.25, -0.2) is 0 Å². The zero-order chi connectivity index (χ0) is 19.6. The quantitative estimate of drug-likeness (QED) is 0.672. The summed E-state index contributed by atoms with van der Waals surface area (Å²) in [6.45, 7) is 9.75. The van der Waals surface area contributed by atoms with Gasteiger partial charge in [-0.3, -0.25) is 4.79 Å². The standard InChI is InChI=1S/C22H29NO4/c1-5-25-19-13-18(14-20(26-6-2)21(19)27-7-3)22(24)23-15-16(4)17-11-9-8-10-12-17/h8-14,16H,5-7,15H2,1-4H3,(H,23,24)/t16-/m1/s1. The number of hydrogen-bond donors (Lipinski definition) is 1. The Kier molecular flexibility index (Phi) is 7.99. The van der Waals surface area contributed by atoms with Crippen LogP contribution in [0, 0.1) is 0 Å². The molecule has 0 aromatic heterocycles. The van der Waals surface area contributed by atoms with Crippen molar-refractivity contribution in [2.45, 2.75) is 33.6 Å². The van der Waals surface area contributed by atoms with Crippen LogP contribution < -0.4 is 19.5 Å². The van der Waals surface area contributed by atoms with E-state index >= 15 is 0 Å². The molecule has 0 saturated carbocycles. The molecule has 2 aromatic rings. The van der Waals surface area contributed by atoms with Crippen LogP contribution >= 0.6 is 0 Å². The lowest BCUT2D eigenvalue weighted by Gasteiger charge is -2.18. The van der Waals surface area contributed by atoms with Gasteiger partial charge >= 0.3 is 0 Å². The normalized spacial score (nSPS) is 11.6. The molecule has 1 N–H and O–H groups in total. The second-order valence-electron chi connectivity index (χ2n) is 6.12. The summed E-state index contributed by atoms with van der Waals surface area (Å²) in [6, 6.07) is 13.5. The molecule has 27 heavy (non-hydrogen) atoms. The third-order valence-electron chi connectivity index (χ3n) is 4.11. The molecule has 0 spiro atoms. The first-order valence-corrected chi connectivity index (χ1v) is 9.50. The fraction of sp³-hybridized carbons (Fsp3) is 0.409. The predicted octanol–water partition coefficient (Wildman–Crippen LogP) is 4.42. The van der Waals surface area contributed by atoms with E-state index in [1.54, 1.807) is 12.1 Å². The minimum atomic E-state index is -0.164. The van der Waals surface area contributed by atoms with E-state index in [-0.39, 0.29) is 11.8 Å². The summed E-state index contributed by atoms with van der Waals surface area (Å²) in [6.07, 6.45) is 0. The van der Waals surface area contributed by atoms with Gasteiger partial charge in [-0.05, 0) is 44.4 Å². The number of hydrogen-bond acceptors (Lipinski definition) is 4. The fourth-order valence-electron chi connectivity index (χ4n) is 2.77. The minimum absolute atomic E-state index is 0.164. The maximum Gasteiger partial charge on any atom is 0.251 e. The highest BCUT2D eigenvalue weighted by atomic mass is 16.5. The molecule has 5 heteroatoms. The van der Waals surface area contributed by atoms with Crippen LogP contribution in [0.1, 0.15) is 49.5 Å². The predicted molar refractivity (Wildman–Crippen MR) is 107 cm³/mol. The van der Waals surface area contributed by atoms with E-state index in [0.29, 0.717) is 49.2 Å². The monoisotopic (exact) mass is 371 g/mol. The Balaban J connectivity index is 2.18. The molecule has 1 atom stereocenters.